The number of aromatic nitrogens is 2. The minimum Gasteiger partial charge on any atom is -0.308 e. The molecule has 1 aliphatic heterocycles. The Hall–Kier alpha value is -1.36. The van der Waals surface area contributed by atoms with Crippen molar-refractivity contribution in [1.82, 2.24) is 15.5 Å². The molecule has 1 saturated heterocycles. The van der Waals surface area contributed by atoms with E-state index in [4.69, 9.17) is 0 Å². The minimum atomic E-state index is -0.0925. The Balaban J connectivity index is 1.93. The Bertz CT molecular complexity index is 401. The zero-order valence-electron chi connectivity index (χ0n) is 11.1. The maximum absolute atomic E-state index is 12.1. The second-order valence-corrected chi connectivity index (χ2v) is 5.07. The average molecular weight is 250 g/mol. The number of nitrogens with zero attached hydrogens (tertiary/aromatic N) is 1. The number of H-pyrrole nitrogens is 1. The molecule has 100 valence electrons. The molecule has 5 nitrogen and oxygen atoms in total. The quantitative estimate of drug-likeness (QED) is 0.761. The predicted octanol–water partition coefficient (Wildman–Crippen LogP) is 1.69. The van der Waals surface area contributed by atoms with Crippen LogP contribution in [0, 0.1) is 5.92 Å². The average Bonchev–Trinajstić information content (AvgIpc) is 2.77. The van der Waals surface area contributed by atoms with E-state index in [1.54, 1.807) is 0 Å². The number of aromatic amines is 1. The number of amides is 1. The van der Waals surface area contributed by atoms with E-state index < -0.39 is 0 Å². The van der Waals surface area contributed by atoms with Crippen LogP contribution in [0.1, 0.15) is 38.8 Å². The number of hydrogen-bond donors (Lipinski definition) is 3. The van der Waals surface area contributed by atoms with E-state index in [9.17, 15) is 4.79 Å². The molecule has 1 fully saturated rings. The van der Waals surface area contributed by atoms with Crippen LogP contribution < -0.4 is 10.6 Å². The Morgan fingerprint density at radius 2 is 2.44 bits per heavy atom. The van der Waals surface area contributed by atoms with E-state index in [2.05, 4.69) is 34.7 Å². The molecule has 1 aromatic heterocycles. The van der Waals surface area contributed by atoms with Crippen LogP contribution in [0.5, 0.6) is 0 Å². The molecule has 0 saturated carbocycles. The lowest BCUT2D eigenvalue weighted by Gasteiger charge is -2.28. The molecule has 0 spiro atoms. The number of carbonyl (C=O) groups is 1. The first-order valence-electron chi connectivity index (χ1n) is 6.79. The Morgan fingerprint density at radius 1 is 1.61 bits per heavy atom. The van der Waals surface area contributed by atoms with Gasteiger partial charge >= 0.3 is 0 Å². The van der Waals surface area contributed by atoms with Gasteiger partial charge in [0.2, 0.25) is 5.91 Å². The van der Waals surface area contributed by atoms with Crippen molar-refractivity contribution in [2.45, 2.75) is 45.6 Å². The number of carbonyl (C=O) groups excluding carboxylic acids is 1. The highest BCUT2D eigenvalue weighted by molar-refractivity contribution is 5.94. The van der Waals surface area contributed by atoms with Crippen LogP contribution in [0.3, 0.4) is 0 Å². The second-order valence-electron chi connectivity index (χ2n) is 5.07. The fraction of sp³-hybridized carbons (Fsp3) is 0.692. The number of nitrogens with one attached hydrogen (secondary N) is 3. The molecule has 18 heavy (non-hydrogen) atoms. The summed E-state index contributed by atoms with van der Waals surface area (Å²) in [5.41, 5.74) is 1.07. The molecule has 3 N–H and O–H groups in total. The van der Waals surface area contributed by atoms with Crippen LogP contribution in [0.2, 0.25) is 0 Å². The molecule has 1 aromatic rings. The summed E-state index contributed by atoms with van der Waals surface area (Å²) in [5, 5.41) is 13.2. The Kier molecular flexibility index (Phi) is 4.36. The van der Waals surface area contributed by atoms with Crippen LogP contribution in [0.25, 0.3) is 0 Å². The van der Waals surface area contributed by atoms with Gasteiger partial charge in [-0.1, -0.05) is 20.3 Å². The summed E-state index contributed by atoms with van der Waals surface area (Å²) in [7, 11) is 0. The van der Waals surface area contributed by atoms with Gasteiger partial charge in [0.05, 0.1) is 6.04 Å². The number of anilines is 1. The van der Waals surface area contributed by atoms with Crippen LogP contribution in [0.4, 0.5) is 5.82 Å². The SMILES string of the molecule is CCCc1cc(NC(=O)C2NCCCC2C)n[nH]1. The molecule has 0 bridgehead atoms. The van der Waals surface area contributed by atoms with Crippen molar-refractivity contribution >= 4 is 11.7 Å². The number of hydrogen-bond acceptors (Lipinski definition) is 3. The first-order valence-corrected chi connectivity index (χ1v) is 6.79. The van der Waals surface area contributed by atoms with Crippen LogP contribution in [-0.4, -0.2) is 28.7 Å². The summed E-state index contributed by atoms with van der Waals surface area (Å²) >= 11 is 0. The molecule has 0 aromatic carbocycles. The van der Waals surface area contributed by atoms with Gasteiger partial charge in [-0.3, -0.25) is 9.89 Å². The maximum atomic E-state index is 12.1. The summed E-state index contributed by atoms with van der Waals surface area (Å²) in [6.45, 7) is 5.15. The predicted molar refractivity (Wildman–Crippen MR) is 71.4 cm³/mol. The van der Waals surface area contributed by atoms with Crippen molar-refractivity contribution < 1.29 is 4.79 Å². The second kappa shape index (κ2) is 6.00. The Labute approximate surface area is 108 Å². The standard InChI is InChI=1S/C13H22N4O/c1-3-5-10-8-11(17-16-10)15-13(18)12-9(2)6-4-7-14-12/h8-9,12,14H,3-7H2,1-2H3,(H2,15,16,17,18). The zero-order valence-corrected chi connectivity index (χ0v) is 11.1. The van der Waals surface area contributed by atoms with Gasteiger partial charge in [-0.2, -0.15) is 5.10 Å². The number of aryl methyl sites for hydroxylation is 1. The van der Waals surface area contributed by atoms with Gasteiger partial charge in [-0.25, -0.2) is 0 Å². The molecule has 0 aliphatic carbocycles. The van der Waals surface area contributed by atoms with Gasteiger partial charge in [0, 0.05) is 11.8 Å². The number of piperidine rings is 1. The fourth-order valence-corrected chi connectivity index (χ4v) is 2.43. The number of rotatable bonds is 4. The fourth-order valence-electron chi connectivity index (χ4n) is 2.43. The van der Waals surface area contributed by atoms with E-state index in [1.165, 1.54) is 0 Å². The van der Waals surface area contributed by atoms with E-state index in [0.29, 0.717) is 11.7 Å². The van der Waals surface area contributed by atoms with Crippen molar-refractivity contribution in [3.05, 3.63) is 11.8 Å². The van der Waals surface area contributed by atoms with E-state index in [-0.39, 0.29) is 11.9 Å². The zero-order chi connectivity index (χ0) is 13.0. The largest absolute Gasteiger partial charge is 0.308 e. The summed E-state index contributed by atoms with van der Waals surface area (Å²) in [4.78, 5) is 12.1. The van der Waals surface area contributed by atoms with Crippen molar-refractivity contribution in [2.24, 2.45) is 5.92 Å². The lowest BCUT2D eigenvalue weighted by molar-refractivity contribution is -0.119. The highest BCUT2D eigenvalue weighted by Gasteiger charge is 2.27. The summed E-state index contributed by atoms with van der Waals surface area (Å²) in [5.74, 6) is 1.03. The Morgan fingerprint density at radius 3 is 3.17 bits per heavy atom. The van der Waals surface area contributed by atoms with Gasteiger partial charge in [0.25, 0.3) is 0 Å². The summed E-state index contributed by atoms with van der Waals surface area (Å²) in [6, 6.07) is 1.82. The molecule has 2 unspecified atom stereocenters. The first kappa shape index (κ1) is 13.1. The molecular weight excluding hydrogens is 228 g/mol. The molecule has 2 rings (SSSR count). The minimum absolute atomic E-state index is 0.0248. The van der Waals surface area contributed by atoms with Crippen molar-refractivity contribution in [3.63, 3.8) is 0 Å². The molecule has 5 heteroatoms. The third kappa shape index (κ3) is 3.10. The monoisotopic (exact) mass is 250 g/mol. The van der Waals surface area contributed by atoms with Gasteiger partial charge in [0.1, 0.15) is 0 Å². The highest BCUT2D eigenvalue weighted by Crippen LogP contribution is 2.17. The molecule has 2 heterocycles. The lowest BCUT2D eigenvalue weighted by Crippen LogP contribution is -2.48. The van der Waals surface area contributed by atoms with Gasteiger partial charge < -0.3 is 10.6 Å². The lowest BCUT2D eigenvalue weighted by atomic mass is 9.92. The van der Waals surface area contributed by atoms with E-state index in [1.807, 2.05) is 6.07 Å². The van der Waals surface area contributed by atoms with Gasteiger partial charge in [-0.05, 0) is 31.7 Å². The molecule has 1 amide bonds. The van der Waals surface area contributed by atoms with Crippen LogP contribution >= 0.6 is 0 Å². The van der Waals surface area contributed by atoms with Crippen molar-refractivity contribution in [1.29, 1.82) is 0 Å². The van der Waals surface area contributed by atoms with Gasteiger partial charge in [0.15, 0.2) is 5.82 Å². The van der Waals surface area contributed by atoms with Gasteiger partial charge in [-0.15, -0.1) is 0 Å². The van der Waals surface area contributed by atoms with Crippen LogP contribution in [0.15, 0.2) is 6.07 Å². The van der Waals surface area contributed by atoms with Crippen LogP contribution in [-0.2, 0) is 11.2 Å². The smallest absolute Gasteiger partial charge is 0.242 e. The third-order valence-electron chi connectivity index (χ3n) is 3.45. The summed E-state index contributed by atoms with van der Waals surface area (Å²) in [6.07, 6.45) is 4.28. The van der Waals surface area contributed by atoms with E-state index in [0.717, 1.165) is 37.9 Å². The molecular formula is C13H22N4O. The third-order valence-corrected chi connectivity index (χ3v) is 3.45. The molecule has 0 radical (unpaired) electrons. The molecule has 1 aliphatic rings. The topological polar surface area (TPSA) is 69.8 Å². The van der Waals surface area contributed by atoms with E-state index >= 15 is 0 Å². The maximum Gasteiger partial charge on any atom is 0.242 e. The first-order chi connectivity index (χ1) is 8.70. The molecule has 2 atom stereocenters. The normalized spacial score (nSPS) is 23.9. The summed E-state index contributed by atoms with van der Waals surface area (Å²) < 4.78 is 0. The highest BCUT2D eigenvalue weighted by atomic mass is 16.2. The van der Waals surface area contributed by atoms with Crippen molar-refractivity contribution in [3.8, 4) is 0 Å². The van der Waals surface area contributed by atoms with Crippen molar-refractivity contribution in [2.75, 3.05) is 11.9 Å².